The van der Waals surface area contributed by atoms with Crippen molar-refractivity contribution in [2.24, 2.45) is 0 Å². The molecule has 0 aliphatic carbocycles. The van der Waals surface area contributed by atoms with Crippen LogP contribution in [0.2, 0.25) is 0 Å². The predicted molar refractivity (Wildman–Crippen MR) is 116 cm³/mol. The van der Waals surface area contributed by atoms with Gasteiger partial charge in [0.25, 0.3) is 5.56 Å². The first-order valence-electron chi connectivity index (χ1n) is 9.81. The molecule has 3 aromatic rings. The van der Waals surface area contributed by atoms with Crippen LogP contribution in [0.3, 0.4) is 0 Å². The van der Waals surface area contributed by atoms with E-state index >= 15 is 0 Å². The third-order valence-electron chi connectivity index (χ3n) is 4.92. The summed E-state index contributed by atoms with van der Waals surface area (Å²) in [6.07, 6.45) is 1.96. The van der Waals surface area contributed by atoms with Gasteiger partial charge in [-0.2, -0.15) is 0 Å². The lowest BCUT2D eigenvalue weighted by Crippen LogP contribution is -2.31. The molecule has 0 unspecified atom stereocenters. The Kier molecular flexibility index (Phi) is 6.37. The monoisotopic (exact) mass is 414 g/mol. The van der Waals surface area contributed by atoms with Crippen LogP contribution >= 0.6 is 11.3 Å². The quantitative estimate of drug-likeness (QED) is 0.523. The predicted octanol–water partition coefficient (Wildman–Crippen LogP) is 4.73. The third-order valence-corrected chi connectivity index (χ3v) is 5.93. The van der Waals surface area contributed by atoms with Gasteiger partial charge in [-0.15, -0.1) is 11.3 Å². The normalized spacial score (nSPS) is 13.3. The van der Waals surface area contributed by atoms with Crippen LogP contribution in [0, 0.1) is 6.92 Å². The molecule has 0 N–H and O–H groups in total. The molecule has 1 aromatic carbocycles. The molecule has 0 aliphatic rings. The molecule has 2 aromatic heterocycles. The summed E-state index contributed by atoms with van der Waals surface area (Å²) < 4.78 is 12.3. The van der Waals surface area contributed by atoms with Gasteiger partial charge in [-0.1, -0.05) is 19.1 Å². The van der Waals surface area contributed by atoms with E-state index in [1.807, 2.05) is 52.0 Å². The van der Waals surface area contributed by atoms with Crippen molar-refractivity contribution in [2.75, 3.05) is 6.61 Å². The summed E-state index contributed by atoms with van der Waals surface area (Å²) in [7, 11) is 0. The van der Waals surface area contributed by atoms with Gasteiger partial charge in [0, 0.05) is 10.4 Å². The van der Waals surface area contributed by atoms with E-state index in [4.69, 9.17) is 9.47 Å². The molecular weight excluding hydrogens is 388 g/mol. The number of aryl methyl sites for hydroxylation is 1. The molecule has 0 saturated carbocycles. The summed E-state index contributed by atoms with van der Waals surface area (Å²) in [6.45, 7) is 9.95. The summed E-state index contributed by atoms with van der Waals surface area (Å²) in [5.74, 6) is 0.350. The highest BCUT2D eigenvalue weighted by Gasteiger charge is 2.23. The summed E-state index contributed by atoms with van der Waals surface area (Å²) in [5.41, 5.74) is 1.53. The summed E-state index contributed by atoms with van der Waals surface area (Å²) in [6, 6.07) is 6.92. The number of ether oxygens (including phenoxy) is 2. The Morgan fingerprint density at radius 1 is 1.21 bits per heavy atom. The van der Waals surface area contributed by atoms with Gasteiger partial charge >= 0.3 is 5.97 Å². The molecule has 0 spiro atoms. The molecular formula is C22H26N2O4S. The van der Waals surface area contributed by atoms with Crippen LogP contribution in [-0.2, 0) is 9.53 Å². The number of benzene rings is 1. The molecule has 0 fully saturated rings. The van der Waals surface area contributed by atoms with Gasteiger partial charge < -0.3 is 9.47 Å². The maximum Gasteiger partial charge on any atom is 0.329 e. The summed E-state index contributed by atoms with van der Waals surface area (Å²) >= 11 is 1.47. The van der Waals surface area contributed by atoms with E-state index in [1.54, 1.807) is 6.92 Å². The van der Waals surface area contributed by atoms with Crippen molar-refractivity contribution in [3.63, 3.8) is 0 Å². The Hall–Kier alpha value is -2.67. The number of thiophene rings is 1. The van der Waals surface area contributed by atoms with Gasteiger partial charge in [0.2, 0.25) is 0 Å². The smallest absolute Gasteiger partial charge is 0.329 e. The maximum atomic E-state index is 13.3. The number of hydrogen-bond donors (Lipinski definition) is 0. The number of fused-ring (bicyclic) bond motifs is 1. The second-order valence-electron chi connectivity index (χ2n) is 6.96. The fourth-order valence-electron chi connectivity index (χ4n) is 3.12. The van der Waals surface area contributed by atoms with Gasteiger partial charge in [0.05, 0.1) is 24.4 Å². The molecule has 2 heterocycles. The lowest BCUT2D eigenvalue weighted by Gasteiger charge is -2.17. The minimum absolute atomic E-state index is 0.194. The fraction of sp³-hybridized carbons (Fsp3) is 0.409. The second kappa shape index (κ2) is 8.78. The molecule has 0 radical (unpaired) electrons. The highest BCUT2D eigenvalue weighted by molar-refractivity contribution is 7.19. The molecule has 2 atom stereocenters. The number of carbonyl (C=O) groups excluding carboxylic acids is 1. The highest BCUT2D eigenvalue weighted by atomic mass is 32.1. The number of nitrogens with zero attached hydrogens (tertiary/aromatic N) is 2. The molecule has 29 heavy (non-hydrogen) atoms. The standard InChI is InChI=1S/C22H26N2O4S/c1-6-13(3)28-22(26)14(4)24-12-23-20-19(21(24)25)18(15(5)29-20)16-8-10-17(11-9-16)27-7-2/h8-14H,6-7H2,1-5H3/t13-,14-/m0/s1. The average molecular weight is 415 g/mol. The number of hydrogen-bond acceptors (Lipinski definition) is 6. The van der Waals surface area contributed by atoms with Crippen LogP contribution in [0.5, 0.6) is 5.75 Å². The van der Waals surface area contributed by atoms with Crippen LogP contribution in [0.1, 0.15) is 45.0 Å². The van der Waals surface area contributed by atoms with Crippen molar-refractivity contribution in [2.45, 2.75) is 53.2 Å². The molecule has 3 rings (SSSR count). The van der Waals surface area contributed by atoms with E-state index < -0.39 is 12.0 Å². The van der Waals surface area contributed by atoms with Crippen molar-refractivity contribution >= 4 is 27.5 Å². The zero-order chi connectivity index (χ0) is 21.1. The van der Waals surface area contributed by atoms with Gasteiger partial charge in [-0.25, -0.2) is 9.78 Å². The average Bonchev–Trinajstić information content (AvgIpc) is 3.05. The molecule has 0 bridgehead atoms. The zero-order valence-electron chi connectivity index (χ0n) is 17.4. The largest absolute Gasteiger partial charge is 0.494 e. The van der Waals surface area contributed by atoms with Crippen LogP contribution in [0.25, 0.3) is 21.3 Å². The van der Waals surface area contributed by atoms with Crippen molar-refractivity contribution in [1.82, 2.24) is 9.55 Å². The van der Waals surface area contributed by atoms with E-state index in [0.29, 0.717) is 16.8 Å². The van der Waals surface area contributed by atoms with Crippen LogP contribution in [0.15, 0.2) is 35.4 Å². The minimum Gasteiger partial charge on any atom is -0.494 e. The Labute approximate surface area is 174 Å². The van der Waals surface area contributed by atoms with Crippen molar-refractivity contribution in [1.29, 1.82) is 0 Å². The number of esters is 1. The van der Waals surface area contributed by atoms with E-state index in [-0.39, 0.29) is 11.7 Å². The van der Waals surface area contributed by atoms with Crippen molar-refractivity contribution < 1.29 is 14.3 Å². The first kappa shape index (κ1) is 21.0. The Morgan fingerprint density at radius 3 is 2.52 bits per heavy atom. The van der Waals surface area contributed by atoms with Crippen molar-refractivity contribution in [3.05, 3.63) is 45.8 Å². The fourth-order valence-corrected chi connectivity index (χ4v) is 4.12. The van der Waals surface area contributed by atoms with Gasteiger partial charge in [0.1, 0.15) is 16.6 Å². The summed E-state index contributed by atoms with van der Waals surface area (Å²) in [4.78, 5) is 31.9. The Balaban J connectivity index is 2.07. The molecule has 0 saturated heterocycles. The van der Waals surface area contributed by atoms with E-state index in [2.05, 4.69) is 4.98 Å². The number of rotatable bonds is 7. The minimum atomic E-state index is -0.748. The Bertz CT molecular complexity index is 1070. The second-order valence-corrected chi connectivity index (χ2v) is 8.16. The highest BCUT2D eigenvalue weighted by Crippen LogP contribution is 2.36. The lowest BCUT2D eigenvalue weighted by atomic mass is 10.0. The zero-order valence-corrected chi connectivity index (χ0v) is 18.2. The topological polar surface area (TPSA) is 70.4 Å². The molecule has 6 nitrogen and oxygen atoms in total. The number of carbonyl (C=O) groups is 1. The third kappa shape index (κ3) is 4.19. The van der Waals surface area contributed by atoms with Crippen LogP contribution in [0.4, 0.5) is 0 Å². The molecule has 7 heteroatoms. The lowest BCUT2D eigenvalue weighted by molar-refractivity contribution is -0.152. The van der Waals surface area contributed by atoms with Gasteiger partial charge in [0.15, 0.2) is 0 Å². The van der Waals surface area contributed by atoms with Gasteiger partial charge in [-0.3, -0.25) is 9.36 Å². The number of aromatic nitrogens is 2. The molecule has 154 valence electrons. The molecule has 0 amide bonds. The maximum absolute atomic E-state index is 13.3. The first-order valence-corrected chi connectivity index (χ1v) is 10.6. The van der Waals surface area contributed by atoms with E-state index in [0.717, 1.165) is 28.2 Å². The van der Waals surface area contributed by atoms with E-state index in [1.165, 1.54) is 22.2 Å². The van der Waals surface area contributed by atoms with E-state index in [9.17, 15) is 9.59 Å². The molecule has 0 aliphatic heterocycles. The Morgan fingerprint density at radius 2 is 1.90 bits per heavy atom. The van der Waals surface area contributed by atoms with Crippen LogP contribution in [-0.4, -0.2) is 28.2 Å². The first-order chi connectivity index (χ1) is 13.9. The van der Waals surface area contributed by atoms with Crippen molar-refractivity contribution in [3.8, 4) is 16.9 Å². The summed E-state index contributed by atoms with van der Waals surface area (Å²) in [5, 5.41) is 0.530. The van der Waals surface area contributed by atoms with Crippen LogP contribution < -0.4 is 10.3 Å². The SMILES string of the molecule is CCOc1ccc(-c2c(C)sc3ncn([C@@H](C)C(=O)O[C@@H](C)CC)c(=O)c23)cc1. The van der Waals surface area contributed by atoms with Gasteiger partial charge in [-0.05, 0) is 51.8 Å².